The molecule has 2 aromatic rings. The molecule has 0 aromatic heterocycles. The van der Waals surface area contributed by atoms with E-state index in [4.69, 9.17) is 22.1 Å². The van der Waals surface area contributed by atoms with Crippen LogP contribution in [0, 0.1) is 0 Å². The number of alkyl halides is 3. The summed E-state index contributed by atoms with van der Waals surface area (Å²) in [5, 5.41) is -0.0947. The maximum Gasteiger partial charge on any atom is 0.416 e. The smallest absolute Gasteiger partial charge is 0.416 e. The molecule has 20 heavy (non-hydrogen) atoms. The first kappa shape index (κ1) is 14.7. The number of rotatable bonds is 3. The van der Waals surface area contributed by atoms with Crippen LogP contribution >= 0.6 is 11.6 Å². The second kappa shape index (κ2) is 5.73. The summed E-state index contributed by atoms with van der Waals surface area (Å²) < 4.78 is 42.9. The van der Waals surface area contributed by atoms with Gasteiger partial charge in [-0.2, -0.15) is 13.2 Å². The van der Waals surface area contributed by atoms with Crippen LogP contribution in [0.3, 0.4) is 0 Å². The first-order valence-electron chi connectivity index (χ1n) is 5.74. The van der Waals surface area contributed by atoms with E-state index >= 15 is 0 Å². The van der Waals surface area contributed by atoms with Gasteiger partial charge in [-0.3, -0.25) is 0 Å². The van der Waals surface area contributed by atoms with Gasteiger partial charge in [-0.15, -0.1) is 0 Å². The van der Waals surface area contributed by atoms with E-state index in [1.807, 2.05) is 0 Å². The number of ether oxygens (including phenoxy) is 1. The van der Waals surface area contributed by atoms with Crippen molar-refractivity contribution in [3.8, 4) is 11.5 Å². The van der Waals surface area contributed by atoms with E-state index in [-0.39, 0.29) is 10.8 Å². The van der Waals surface area contributed by atoms with Gasteiger partial charge in [0.25, 0.3) is 0 Å². The van der Waals surface area contributed by atoms with E-state index in [9.17, 15) is 13.2 Å². The fourth-order valence-corrected chi connectivity index (χ4v) is 1.80. The Balaban J connectivity index is 2.21. The molecule has 2 nitrogen and oxygen atoms in total. The Morgan fingerprint density at radius 3 is 2.20 bits per heavy atom. The van der Waals surface area contributed by atoms with Gasteiger partial charge in [0.05, 0.1) is 10.6 Å². The Labute approximate surface area is 118 Å². The highest BCUT2D eigenvalue weighted by Crippen LogP contribution is 2.36. The van der Waals surface area contributed by atoms with Crippen molar-refractivity contribution in [2.45, 2.75) is 12.7 Å². The van der Waals surface area contributed by atoms with Crippen molar-refractivity contribution in [3.05, 3.63) is 58.6 Å². The highest BCUT2D eigenvalue weighted by Gasteiger charge is 2.31. The summed E-state index contributed by atoms with van der Waals surface area (Å²) in [7, 11) is 0. The Morgan fingerprint density at radius 2 is 1.70 bits per heavy atom. The van der Waals surface area contributed by atoms with Crippen LogP contribution in [-0.4, -0.2) is 0 Å². The molecule has 0 bridgehead atoms. The zero-order chi connectivity index (χ0) is 14.8. The minimum Gasteiger partial charge on any atom is -0.456 e. The summed E-state index contributed by atoms with van der Waals surface area (Å²) in [5.41, 5.74) is 5.58. The second-order valence-electron chi connectivity index (χ2n) is 4.09. The standard InChI is InChI=1S/C14H11ClF3NO/c15-12-7-10(14(16,17)18)3-6-13(12)20-11-4-1-9(8-19)2-5-11/h1-7H,8,19H2. The fraction of sp³-hybridized carbons (Fsp3) is 0.143. The van der Waals surface area contributed by atoms with Crippen LogP contribution in [0.4, 0.5) is 13.2 Å². The average molecular weight is 302 g/mol. The summed E-state index contributed by atoms with van der Waals surface area (Å²) >= 11 is 5.80. The van der Waals surface area contributed by atoms with Gasteiger partial charge >= 0.3 is 6.18 Å². The maximum atomic E-state index is 12.5. The molecule has 0 aliphatic rings. The molecule has 0 saturated carbocycles. The first-order chi connectivity index (χ1) is 9.40. The van der Waals surface area contributed by atoms with Crippen LogP contribution in [0.25, 0.3) is 0 Å². The largest absolute Gasteiger partial charge is 0.456 e. The predicted molar refractivity (Wildman–Crippen MR) is 70.9 cm³/mol. The Hall–Kier alpha value is -1.72. The molecule has 0 unspecified atom stereocenters. The zero-order valence-electron chi connectivity index (χ0n) is 10.2. The number of halogens is 4. The fourth-order valence-electron chi connectivity index (χ4n) is 1.58. The maximum absolute atomic E-state index is 12.5. The molecule has 0 aliphatic heterocycles. The molecule has 0 saturated heterocycles. The molecule has 0 amide bonds. The van der Waals surface area contributed by atoms with E-state index in [1.54, 1.807) is 24.3 Å². The van der Waals surface area contributed by atoms with E-state index < -0.39 is 11.7 Å². The van der Waals surface area contributed by atoms with Crippen LogP contribution in [0.2, 0.25) is 5.02 Å². The zero-order valence-corrected chi connectivity index (χ0v) is 11.0. The summed E-state index contributed by atoms with van der Waals surface area (Å²) in [6.07, 6.45) is -4.43. The summed E-state index contributed by atoms with van der Waals surface area (Å²) in [6, 6.07) is 9.86. The molecule has 0 atom stereocenters. The Bertz CT molecular complexity index is 596. The van der Waals surface area contributed by atoms with Crippen molar-refractivity contribution in [2.75, 3.05) is 0 Å². The lowest BCUT2D eigenvalue weighted by Crippen LogP contribution is -2.04. The highest BCUT2D eigenvalue weighted by atomic mass is 35.5. The minimum atomic E-state index is -4.43. The van der Waals surface area contributed by atoms with Crippen LogP contribution in [0.5, 0.6) is 11.5 Å². The third kappa shape index (κ3) is 3.43. The molecule has 0 spiro atoms. The van der Waals surface area contributed by atoms with Crippen molar-refractivity contribution in [2.24, 2.45) is 5.73 Å². The third-order valence-corrected chi connectivity index (χ3v) is 2.94. The summed E-state index contributed by atoms with van der Waals surface area (Å²) in [4.78, 5) is 0. The van der Waals surface area contributed by atoms with Crippen LogP contribution < -0.4 is 10.5 Å². The molecule has 2 rings (SSSR count). The molecule has 2 aromatic carbocycles. The molecule has 6 heteroatoms. The van der Waals surface area contributed by atoms with Gasteiger partial charge in [-0.05, 0) is 35.9 Å². The Kier molecular flexibility index (Phi) is 4.20. The summed E-state index contributed by atoms with van der Waals surface area (Å²) in [5.74, 6) is 0.643. The van der Waals surface area contributed by atoms with Crippen LogP contribution in [0.15, 0.2) is 42.5 Å². The topological polar surface area (TPSA) is 35.2 Å². The number of hydrogen-bond donors (Lipinski definition) is 1. The average Bonchev–Trinajstić information content (AvgIpc) is 2.41. The third-order valence-electron chi connectivity index (χ3n) is 2.65. The second-order valence-corrected chi connectivity index (χ2v) is 4.50. The van der Waals surface area contributed by atoms with Gasteiger partial charge in [0.15, 0.2) is 0 Å². The number of benzene rings is 2. The van der Waals surface area contributed by atoms with Gasteiger partial charge in [0.1, 0.15) is 11.5 Å². The van der Waals surface area contributed by atoms with Crippen LogP contribution in [-0.2, 0) is 12.7 Å². The van der Waals surface area contributed by atoms with E-state index in [0.29, 0.717) is 12.3 Å². The van der Waals surface area contributed by atoms with Gasteiger partial charge < -0.3 is 10.5 Å². The number of hydrogen-bond acceptors (Lipinski definition) is 2. The first-order valence-corrected chi connectivity index (χ1v) is 6.11. The van der Waals surface area contributed by atoms with Gasteiger partial charge in [0, 0.05) is 6.54 Å². The van der Waals surface area contributed by atoms with Crippen LogP contribution in [0.1, 0.15) is 11.1 Å². The summed E-state index contributed by atoms with van der Waals surface area (Å²) in [6.45, 7) is 0.404. The van der Waals surface area contributed by atoms with Crippen molar-refractivity contribution < 1.29 is 17.9 Å². The van der Waals surface area contributed by atoms with Gasteiger partial charge in [-0.25, -0.2) is 0 Å². The lowest BCUT2D eigenvalue weighted by molar-refractivity contribution is -0.137. The highest BCUT2D eigenvalue weighted by molar-refractivity contribution is 6.32. The molecule has 2 N–H and O–H groups in total. The molecule has 106 valence electrons. The van der Waals surface area contributed by atoms with E-state index in [2.05, 4.69) is 0 Å². The normalized spacial score (nSPS) is 11.4. The molecular formula is C14H11ClF3NO. The molecular weight excluding hydrogens is 291 g/mol. The Morgan fingerprint density at radius 1 is 1.05 bits per heavy atom. The SMILES string of the molecule is NCc1ccc(Oc2ccc(C(F)(F)F)cc2Cl)cc1. The molecule has 0 radical (unpaired) electrons. The lowest BCUT2D eigenvalue weighted by Gasteiger charge is -2.11. The van der Waals surface area contributed by atoms with Crippen molar-refractivity contribution in [3.63, 3.8) is 0 Å². The quantitative estimate of drug-likeness (QED) is 0.898. The van der Waals surface area contributed by atoms with Gasteiger partial charge in [-0.1, -0.05) is 23.7 Å². The minimum absolute atomic E-state index is 0.0947. The van der Waals surface area contributed by atoms with Crippen molar-refractivity contribution in [1.82, 2.24) is 0 Å². The molecule has 0 aliphatic carbocycles. The molecule has 0 fully saturated rings. The van der Waals surface area contributed by atoms with Crippen molar-refractivity contribution >= 4 is 11.6 Å². The monoisotopic (exact) mass is 301 g/mol. The van der Waals surface area contributed by atoms with E-state index in [0.717, 1.165) is 17.7 Å². The van der Waals surface area contributed by atoms with Crippen molar-refractivity contribution in [1.29, 1.82) is 0 Å². The lowest BCUT2D eigenvalue weighted by atomic mass is 10.2. The van der Waals surface area contributed by atoms with E-state index in [1.165, 1.54) is 6.07 Å². The predicted octanol–water partition coefficient (Wildman–Crippen LogP) is 4.61. The molecule has 0 heterocycles. The number of nitrogens with two attached hydrogens (primary N) is 1. The van der Waals surface area contributed by atoms with Gasteiger partial charge in [0.2, 0.25) is 0 Å².